The molecule has 10 nitrogen and oxygen atoms in total. The zero-order valence-electron chi connectivity index (χ0n) is 23.1. The third kappa shape index (κ3) is 6.70. The van der Waals surface area contributed by atoms with Crippen molar-refractivity contribution >= 4 is 26.8 Å². The van der Waals surface area contributed by atoms with E-state index in [1.54, 1.807) is 29.3 Å². The van der Waals surface area contributed by atoms with Gasteiger partial charge >= 0.3 is 0 Å². The normalized spacial score (nSPS) is 12.8. The average Bonchev–Trinajstić information content (AvgIpc) is 3.61. The maximum atomic E-state index is 14.0. The second-order valence-corrected chi connectivity index (χ2v) is 11.6. The van der Waals surface area contributed by atoms with Crippen LogP contribution in [0.3, 0.4) is 0 Å². The Morgan fingerprint density at radius 2 is 1.85 bits per heavy atom. The molecule has 0 atom stereocenters. The summed E-state index contributed by atoms with van der Waals surface area (Å²) in [6.07, 6.45) is 1.99. The van der Waals surface area contributed by atoms with E-state index in [2.05, 4.69) is 4.98 Å². The summed E-state index contributed by atoms with van der Waals surface area (Å²) in [4.78, 5) is 19.9. The van der Waals surface area contributed by atoms with Crippen molar-refractivity contribution in [3.05, 3.63) is 83.9 Å². The summed E-state index contributed by atoms with van der Waals surface area (Å²) in [5.74, 6) is 2.19. The number of carbonyl (C=O) groups is 1. The molecule has 1 aliphatic rings. The number of para-hydroxylation sites is 1. The summed E-state index contributed by atoms with van der Waals surface area (Å²) in [6, 6.07) is 17.7. The van der Waals surface area contributed by atoms with E-state index in [9.17, 15) is 13.2 Å². The lowest BCUT2D eigenvalue weighted by atomic mass is 10.2. The summed E-state index contributed by atoms with van der Waals surface area (Å²) in [6.45, 7) is 4.88. The standard InChI is InChI=1S/C30H33N3O7S/c1-3-37-16-6-15-33(41(35,36)28-9-4-7-24-8-5-14-31-30(24)28)20-29(34)32(19-25-12-10-22(2)40-25)18-23-11-13-26-27(17-23)39-21-38-26/h4-5,7-14,17H,3,6,15-16,18-21H2,1-2H3. The molecule has 0 fully saturated rings. The Kier molecular flexibility index (Phi) is 8.87. The lowest BCUT2D eigenvalue weighted by Crippen LogP contribution is -2.43. The van der Waals surface area contributed by atoms with Crippen LogP contribution < -0.4 is 9.47 Å². The number of aryl methyl sites for hydroxylation is 1. The molecule has 0 unspecified atom stereocenters. The molecular formula is C30H33N3O7S. The Morgan fingerprint density at radius 1 is 1.02 bits per heavy atom. The van der Waals surface area contributed by atoms with Gasteiger partial charge in [-0.05, 0) is 62.2 Å². The quantitative estimate of drug-likeness (QED) is 0.213. The highest BCUT2D eigenvalue weighted by Gasteiger charge is 2.30. The van der Waals surface area contributed by atoms with E-state index >= 15 is 0 Å². The van der Waals surface area contributed by atoms with Crippen LogP contribution >= 0.6 is 0 Å². The SMILES string of the molecule is CCOCCCN(CC(=O)N(Cc1ccc2c(c1)OCO2)Cc1ccc(C)o1)S(=O)(=O)c1cccc2cccnc12. The van der Waals surface area contributed by atoms with Gasteiger partial charge in [-0.15, -0.1) is 0 Å². The minimum Gasteiger partial charge on any atom is -0.464 e. The first-order valence-electron chi connectivity index (χ1n) is 13.5. The summed E-state index contributed by atoms with van der Waals surface area (Å²) >= 11 is 0. The third-order valence-corrected chi connectivity index (χ3v) is 8.61. The zero-order chi connectivity index (χ0) is 28.8. The van der Waals surface area contributed by atoms with E-state index in [4.69, 9.17) is 18.6 Å². The molecule has 1 aliphatic heterocycles. The Morgan fingerprint density at radius 3 is 2.66 bits per heavy atom. The molecule has 216 valence electrons. The molecule has 41 heavy (non-hydrogen) atoms. The second kappa shape index (κ2) is 12.7. The van der Waals surface area contributed by atoms with Crippen LogP contribution in [0.25, 0.3) is 10.9 Å². The molecule has 2 aromatic carbocycles. The number of ether oxygens (including phenoxy) is 3. The second-order valence-electron chi connectivity index (χ2n) is 9.67. The summed E-state index contributed by atoms with van der Waals surface area (Å²) in [5, 5.41) is 0.701. The molecule has 0 bridgehead atoms. The Bertz CT molecular complexity index is 1610. The van der Waals surface area contributed by atoms with Gasteiger partial charge in [-0.25, -0.2) is 8.42 Å². The summed E-state index contributed by atoms with van der Waals surface area (Å²) < 4.78 is 51.4. The van der Waals surface area contributed by atoms with Gasteiger partial charge in [0.1, 0.15) is 16.4 Å². The van der Waals surface area contributed by atoms with Crippen LogP contribution in [0.15, 0.2) is 76.2 Å². The number of benzene rings is 2. The number of sulfonamides is 1. The van der Waals surface area contributed by atoms with Gasteiger partial charge in [0, 0.05) is 37.9 Å². The Hall–Kier alpha value is -3.93. The fourth-order valence-electron chi connectivity index (χ4n) is 4.70. The number of nitrogens with zero attached hydrogens (tertiary/aromatic N) is 3. The van der Waals surface area contributed by atoms with Gasteiger partial charge in [-0.1, -0.05) is 24.3 Å². The highest BCUT2D eigenvalue weighted by atomic mass is 32.2. The number of furan rings is 1. The number of hydrogen-bond acceptors (Lipinski definition) is 8. The van der Waals surface area contributed by atoms with Crippen molar-refractivity contribution in [2.45, 2.75) is 38.3 Å². The van der Waals surface area contributed by atoms with Crippen LogP contribution in [0.5, 0.6) is 11.5 Å². The van der Waals surface area contributed by atoms with E-state index in [0.29, 0.717) is 47.8 Å². The van der Waals surface area contributed by atoms with Gasteiger partial charge < -0.3 is 23.5 Å². The smallest absolute Gasteiger partial charge is 0.245 e. The highest BCUT2D eigenvalue weighted by Crippen LogP contribution is 2.33. The molecule has 0 spiro atoms. The van der Waals surface area contributed by atoms with E-state index in [-0.39, 0.29) is 43.8 Å². The first kappa shape index (κ1) is 28.6. The monoisotopic (exact) mass is 579 g/mol. The van der Waals surface area contributed by atoms with E-state index in [1.165, 1.54) is 10.4 Å². The number of rotatable bonds is 13. The molecule has 0 radical (unpaired) electrons. The number of hydrogen-bond donors (Lipinski definition) is 0. The lowest BCUT2D eigenvalue weighted by Gasteiger charge is -2.27. The van der Waals surface area contributed by atoms with Crippen LogP contribution in [-0.4, -0.2) is 61.6 Å². The summed E-state index contributed by atoms with van der Waals surface area (Å²) in [7, 11) is -4.09. The van der Waals surface area contributed by atoms with Crippen molar-refractivity contribution in [2.75, 3.05) is 33.1 Å². The van der Waals surface area contributed by atoms with Crippen molar-refractivity contribution < 1.29 is 31.8 Å². The van der Waals surface area contributed by atoms with Gasteiger partial charge in [0.25, 0.3) is 0 Å². The van der Waals surface area contributed by atoms with Crippen molar-refractivity contribution in [3.8, 4) is 11.5 Å². The van der Waals surface area contributed by atoms with Gasteiger partial charge in [0.05, 0.1) is 18.6 Å². The number of aromatic nitrogens is 1. The van der Waals surface area contributed by atoms with Crippen molar-refractivity contribution in [3.63, 3.8) is 0 Å². The van der Waals surface area contributed by atoms with Crippen LogP contribution in [0.4, 0.5) is 0 Å². The van der Waals surface area contributed by atoms with E-state index < -0.39 is 10.0 Å². The molecule has 0 saturated heterocycles. The molecular weight excluding hydrogens is 546 g/mol. The van der Waals surface area contributed by atoms with E-state index in [0.717, 1.165) is 11.3 Å². The van der Waals surface area contributed by atoms with Gasteiger partial charge in [0.2, 0.25) is 22.7 Å². The van der Waals surface area contributed by atoms with Crippen molar-refractivity contribution in [1.29, 1.82) is 0 Å². The molecule has 11 heteroatoms. The van der Waals surface area contributed by atoms with Gasteiger partial charge in [-0.3, -0.25) is 9.78 Å². The predicted molar refractivity (Wildman–Crippen MR) is 152 cm³/mol. The molecule has 4 aromatic rings. The Balaban J connectivity index is 1.44. The van der Waals surface area contributed by atoms with Crippen LogP contribution in [0.2, 0.25) is 0 Å². The third-order valence-electron chi connectivity index (χ3n) is 6.73. The number of amides is 1. The molecule has 2 aromatic heterocycles. The van der Waals surface area contributed by atoms with Crippen molar-refractivity contribution in [2.24, 2.45) is 0 Å². The molecule has 3 heterocycles. The number of carbonyl (C=O) groups excluding carboxylic acids is 1. The van der Waals surface area contributed by atoms with Crippen molar-refractivity contribution in [1.82, 2.24) is 14.2 Å². The lowest BCUT2D eigenvalue weighted by molar-refractivity contribution is -0.133. The maximum absolute atomic E-state index is 14.0. The predicted octanol–water partition coefficient (Wildman–Crippen LogP) is 4.51. The molecule has 0 saturated carbocycles. The largest absolute Gasteiger partial charge is 0.464 e. The number of fused-ring (bicyclic) bond motifs is 2. The first-order valence-corrected chi connectivity index (χ1v) is 14.9. The minimum atomic E-state index is -4.09. The Labute approximate surface area is 239 Å². The zero-order valence-corrected chi connectivity index (χ0v) is 23.9. The topological polar surface area (TPSA) is 111 Å². The van der Waals surface area contributed by atoms with Gasteiger partial charge in [0.15, 0.2) is 11.5 Å². The molecule has 5 rings (SSSR count). The number of pyridine rings is 1. The van der Waals surface area contributed by atoms with Crippen LogP contribution in [0, 0.1) is 6.92 Å². The highest BCUT2D eigenvalue weighted by molar-refractivity contribution is 7.89. The maximum Gasteiger partial charge on any atom is 0.245 e. The fourth-order valence-corrected chi connectivity index (χ4v) is 6.29. The molecule has 0 aliphatic carbocycles. The summed E-state index contributed by atoms with van der Waals surface area (Å²) in [5.41, 5.74) is 1.18. The molecule has 1 amide bonds. The fraction of sp³-hybridized carbons (Fsp3) is 0.333. The first-order chi connectivity index (χ1) is 19.8. The van der Waals surface area contributed by atoms with Gasteiger partial charge in [-0.2, -0.15) is 4.31 Å². The van der Waals surface area contributed by atoms with Crippen LogP contribution in [-0.2, 0) is 32.6 Å². The molecule has 0 N–H and O–H groups in total. The average molecular weight is 580 g/mol. The van der Waals surface area contributed by atoms with Crippen LogP contribution in [0.1, 0.15) is 30.4 Å². The van der Waals surface area contributed by atoms with E-state index in [1.807, 2.05) is 50.2 Å². The minimum absolute atomic E-state index is 0.0591.